The van der Waals surface area contributed by atoms with Gasteiger partial charge in [-0.15, -0.1) is 0 Å². The molecule has 0 saturated heterocycles. The van der Waals surface area contributed by atoms with Crippen molar-refractivity contribution in [2.45, 2.75) is 20.8 Å². The second kappa shape index (κ2) is 8.21. The molecular weight excluding hydrogens is 124 g/mol. The van der Waals surface area contributed by atoms with Crippen molar-refractivity contribution in [2.24, 2.45) is 4.99 Å². The lowest BCUT2D eigenvalue weighted by Crippen LogP contribution is -2.17. The first-order valence-corrected chi connectivity index (χ1v) is 3.51. The topological polar surface area (TPSA) is 15.6 Å². The van der Waals surface area contributed by atoms with Crippen LogP contribution in [0, 0.1) is 0 Å². The molecule has 0 aliphatic rings. The third-order valence-electron chi connectivity index (χ3n) is 0.925. The SMILES string of the molecule is C=CN=C(C)N(C)C.CC. The van der Waals surface area contributed by atoms with Crippen LogP contribution in [0.5, 0.6) is 0 Å². The molecule has 0 fully saturated rings. The van der Waals surface area contributed by atoms with Crippen molar-refractivity contribution in [3.8, 4) is 0 Å². The van der Waals surface area contributed by atoms with Crippen LogP contribution in [0.2, 0.25) is 0 Å². The molecule has 0 aromatic heterocycles. The third kappa shape index (κ3) is 7.21. The Kier molecular flexibility index (Phi) is 9.80. The predicted octanol–water partition coefficient (Wildman–Crippen LogP) is 2.14. The normalized spacial score (nSPS) is 9.50. The molecule has 0 atom stereocenters. The van der Waals surface area contributed by atoms with Crippen molar-refractivity contribution >= 4 is 5.84 Å². The van der Waals surface area contributed by atoms with Gasteiger partial charge >= 0.3 is 0 Å². The van der Waals surface area contributed by atoms with Gasteiger partial charge in [-0.1, -0.05) is 20.4 Å². The van der Waals surface area contributed by atoms with Crippen LogP contribution >= 0.6 is 0 Å². The largest absolute Gasteiger partial charge is 0.366 e. The van der Waals surface area contributed by atoms with E-state index in [4.69, 9.17) is 0 Å². The van der Waals surface area contributed by atoms with E-state index >= 15 is 0 Å². The number of hydrogen-bond donors (Lipinski definition) is 0. The van der Waals surface area contributed by atoms with Crippen LogP contribution in [0.1, 0.15) is 20.8 Å². The zero-order valence-electron chi connectivity index (χ0n) is 7.68. The molecule has 0 aromatic carbocycles. The molecule has 0 aromatic rings. The molecule has 0 unspecified atom stereocenters. The average Bonchev–Trinajstić information content (AvgIpc) is 1.93. The minimum Gasteiger partial charge on any atom is -0.366 e. The second-order valence-electron chi connectivity index (χ2n) is 1.75. The summed E-state index contributed by atoms with van der Waals surface area (Å²) < 4.78 is 0. The molecule has 10 heavy (non-hydrogen) atoms. The maximum absolute atomic E-state index is 3.93. The first-order valence-electron chi connectivity index (χ1n) is 3.51. The highest BCUT2D eigenvalue weighted by molar-refractivity contribution is 5.79. The van der Waals surface area contributed by atoms with Gasteiger partial charge in [-0.3, -0.25) is 0 Å². The molecule has 0 heterocycles. The highest BCUT2D eigenvalue weighted by Crippen LogP contribution is 1.80. The van der Waals surface area contributed by atoms with E-state index in [2.05, 4.69) is 11.6 Å². The van der Waals surface area contributed by atoms with Crippen LogP contribution < -0.4 is 0 Å². The molecule has 0 amide bonds. The molecule has 60 valence electrons. The van der Waals surface area contributed by atoms with E-state index in [9.17, 15) is 0 Å². The van der Waals surface area contributed by atoms with Crippen molar-refractivity contribution in [1.29, 1.82) is 0 Å². The van der Waals surface area contributed by atoms with Crippen LogP contribution in [0.25, 0.3) is 0 Å². The summed E-state index contributed by atoms with van der Waals surface area (Å²) in [5.74, 6) is 0.972. The summed E-state index contributed by atoms with van der Waals surface area (Å²) in [6, 6.07) is 0. The Balaban J connectivity index is 0. The Labute approximate surface area is 64.3 Å². The van der Waals surface area contributed by atoms with E-state index in [0.29, 0.717) is 0 Å². The molecule has 0 bridgehead atoms. The Hall–Kier alpha value is -0.790. The van der Waals surface area contributed by atoms with E-state index < -0.39 is 0 Å². The van der Waals surface area contributed by atoms with Crippen LogP contribution in [-0.2, 0) is 0 Å². The second-order valence-corrected chi connectivity index (χ2v) is 1.75. The van der Waals surface area contributed by atoms with Gasteiger partial charge in [0.25, 0.3) is 0 Å². The van der Waals surface area contributed by atoms with Crippen molar-refractivity contribution in [2.75, 3.05) is 14.1 Å². The van der Waals surface area contributed by atoms with E-state index in [1.165, 1.54) is 6.20 Å². The van der Waals surface area contributed by atoms with E-state index in [0.717, 1.165) is 5.84 Å². The van der Waals surface area contributed by atoms with Gasteiger partial charge in [-0.2, -0.15) is 0 Å². The van der Waals surface area contributed by atoms with Gasteiger partial charge in [0, 0.05) is 20.3 Å². The minimum absolute atomic E-state index is 0.972. The molecule has 2 nitrogen and oxygen atoms in total. The molecule has 0 N–H and O–H groups in total. The molecule has 0 spiro atoms. The van der Waals surface area contributed by atoms with Crippen molar-refractivity contribution in [3.63, 3.8) is 0 Å². The summed E-state index contributed by atoms with van der Waals surface area (Å²) in [4.78, 5) is 5.86. The number of hydrogen-bond acceptors (Lipinski definition) is 1. The van der Waals surface area contributed by atoms with Crippen LogP contribution in [-0.4, -0.2) is 24.8 Å². The van der Waals surface area contributed by atoms with Crippen LogP contribution in [0.4, 0.5) is 0 Å². The third-order valence-corrected chi connectivity index (χ3v) is 0.925. The summed E-state index contributed by atoms with van der Waals surface area (Å²) in [7, 11) is 3.89. The Bertz CT molecular complexity index is 104. The lowest BCUT2D eigenvalue weighted by Gasteiger charge is -2.08. The first kappa shape index (κ1) is 11.9. The zero-order valence-corrected chi connectivity index (χ0v) is 7.68. The molecule has 0 saturated carbocycles. The van der Waals surface area contributed by atoms with Crippen LogP contribution in [0.3, 0.4) is 0 Å². The Morgan fingerprint density at radius 3 is 1.90 bits per heavy atom. The van der Waals surface area contributed by atoms with Gasteiger partial charge in [0.1, 0.15) is 5.84 Å². The highest BCUT2D eigenvalue weighted by Gasteiger charge is 1.86. The van der Waals surface area contributed by atoms with Crippen LogP contribution in [0.15, 0.2) is 17.8 Å². The summed E-state index contributed by atoms with van der Waals surface area (Å²) in [6.07, 6.45) is 1.54. The number of amidine groups is 1. The lowest BCUT2D eigenvalue weighted by atomic mass is 10.6. The standard InChI is InChI=1S/C6H12N2.C2H6/c1-5-7-6(2)8(3)4;1-2/h5H,1H2,2-4H3;1-2H3. The fourth-order valence-electron chi connectivity index (χ4n) is 0.248. The molecule has 0 aliphatic carbocycles. The molecule has 2 heteroatoms. The summed E-state index contributed by atoms with van der Waals surface area (Å²) in [5.41, 5.74) is 0. The highest BCUT2D eigenvalue weighted by atomic mass is 15.1. The summed E-state index contributed by atoms with van der Waals surface area (Å²) in [5, 5.41) is 0. The fourth-order valence-corrected chi connectivity index (χ4v) is 0.248. The summed E-state index contributed by atoms with van der Waals surface area (Å²) >= 11 is 0. The monoisotopic (exact) mass is 142 g/mol. The van der Waals surface area contributed by atoms with Gasteiger partial charge in [0.2, 0.25) is 0 Å². The first-order chi connectivity index (χ1) is 4.68. The minimum atomic E-state index is 0.972. The number of rotatable bonds is 1. The Morgan fingerprint density at radius 1 is 1.40 bits per heavy atom. The maximum atomic E-state index is 3.93. The molecule has 0 radical (unpaired) electrons. The van der Waals surface area contributed by atoms with Crippen molar-refractivity contribution in [1.82, 2.24) is 4.90 Å². The van der Waals surface area contributed by atoms with E-state index in [1.807, 2.05) is 39.8 Å². The van der Waals surface area contributed by atoms with E-state index in [-0.39, 0.29) is 0 Å². The predicted molar refractivity (Wildman–Crippen MR) is 48.3 cm³/mol. The van der Waals surface area contributed by atoms with Gasteiger partial charge < -0.3 is 4.90 Å². The smallest absolute Gasteiger partial charge is 0.100 e. The van der Waals surface area contributed by atoms with Gasteiger partial charge in [0.15, 0.2) is 0 Å². The molecule has 0 rings (SSSR count). The van der Waals surface area contributed by atoms with Crippen molar-refractivity contribution in [3.05, 3.63) is 12.8 Å². The van der Waals surface area contributed by atoms with Gasteiger partial charge in [0.05, 0.1) is 0 Å². The van der Waals surface area contributed by atoms with Gasteiger partial charge in [-0.05, 0) is 6.92 Å². The van der Waals surface area contributed by atoms with E-state index in [1.54, 1.807) is 0 Å². The maximum Gasteiger partial charge on any atom is 0.100 e. The fraction of sp³-hybridized carbons (Fsp3) is 0.625. The van der Waals surface area contributed by atoms with Crippen molar-refractivity contribution < 1.29 is 0 Å². The number of nitrogens with zero attached hydrogens (tertiary/aromatic N) is 2. The summed E-state index contributed by atoms with van der Waals surface area (Å²) in [6.45, 7) is 9.40. The van der Waals surface area contributed by atoms with Gasteiger partial charge in [-0.25, -0.2) is 4.99 Å². The molecule has 0 aliphatic heterocycles. The quantitative estimate of drug-likeness (QED) is 0.404. The average molecular weight is 142 g/mol. The molecular formula is C8H18N2. The Morgan fingerprint density at radius 2 is 1.80 bits per heavy atom. The zero-order chi connectivity index (χ0) is 8.57. The lowest BCUT2D eigenvalue weighted by molar-refractivity contribution is 0.618. The number of aliphatic imine (C=N–C) groups is 1.